The molecule has 0 spiro atoms. The van der Waals surface area contributed by atoms with Gasteiger partial charge in [0.15, 0.2) is 5.69 Å². The zero-order valence-corrected chi connectivity index (χ0v) is 12.0. The first-order valence-electron chi connectivity index (χ1n) is 6.59. The van der Waals surface area contributed by atoms with Crippen LogP contribution in [0.4, 0.5) is 26.3 Å². The smallest absolute Gasteiger partial charge is 0.284 e. The van der Waals surface area contributed by atoms with Crippen LogP contribution in [-0.4, -0.2) is 21.7 Å². The predicted molar refractivity (Wildman–Crippen MR) is 73.6 cm³/mol. The summed E-state index contributed by atoms with van der Waals surface area (Å²) in [6, 6.07) is 6.09. The summed E-state index contributed by atoms with van der Waals surface area (Å²) in [7, 11) is 1.26. The average Bonchev–Trinajstić information content (AvgIpc) is 2.82. The fourth-order valence-corrected chi connectivity index (χ4v) is 2.69. The van der Waals surface area contributed by atoms with E-state index in [1.165, 1.54) is 31.3 Å². The van der Waals surface area contributed by atoms with E-state index in [9.17, 15) is 31.1 Å². The Balaban J connectivity index is 2.51. The Kier molecular flexibility index (Phi) is 3.36. The third-order valence-corrected chi connectivity index (χ3v) is 3.62. The van der Waals surface area contributed by atoms with Crippen LogP contribution in [0.15, 0.2) is 30.3 Å². The number of rotatable bonds is 1. The van der Waals surface area contributed by atoms with Gasteiger partial charge in [-0.1, -0.05) is 24.3 Å². The lowest BCUT2D eigenvalue weighted by Crippen LogP contribution is -2.23. The highest BCUT2D eigenvalue weighted by atomic mass is 19.4. The van der Waals surface area contributed by atoms with Crippen LogP contribution in [0.25, 0.3) is 21.7 Å². The maximum atomic E-state index is 13.1. The first-order chi connectivity index (χ1) is 11.0. The molecule has 0 atom stereocenters. The third-order valence-electron chi connectivity index (χ3n) is 3.62. The molecule has 3 aromatic rings. The monoisotopic (exact) mass is 346 g/mol. The number of halogens is 6. The third kappa shape index (κ3) is 2.40. The van der Waals surface area contributed by atoms with Crippen molar-refractivity contribution in [2.45, 2.75) is 12.4 Å². The molecule has 0 aliphatic heterocycles. The Bertz CT molecular complexity index is 968. The van der Waals surface area contributed by atoms with E-state index in [1.54, 1.807) is 0 Å². The maximum absolute atomic E-state index is 13.1. The number of ketones is 1. The van der Waals surface area contributed by atoms with Gasteiger partial charge in [-0.25, -0.2) is 0 Å². The van der Waals surface area contributed by atoms with Crippen LogP contribution in [0, 0.1) is 0 Å². The normalized spacial score (nSPS) is 13.0. The first kappa shape index (κ1) is 16.3. The number of nitrogens with zero attached hydrogens (tertiary/aromatic N) is 2. The van der Waals surface area contributed by atoms with Gasteiger partial charge in [0.05, 0.1) is 5.52 Å². The molecule has 0 aliphatic rings. The molecule has 0 aliphatic carbocycles. The molecular formula is C15H8F6N2O. The molecule has 0 saturated heterocycles. The molecule has 0 saturated carbocycles. The summed E-state index contributed by atoms with van der Waals surface area (Å²) < 4.78 is 78.7. The Morgan fingerprint density at radius 1 is 1.00 bits per heavy atom. The van der Waals surface area contributed by atoms with Crippen LogP contribution >= 0.6 is 0 Å². The lowest BCUT2D eigenvalue weighted by atomic mass is 9.97. The number of Topliss-reactive ketones (excluding diaryl/α,β-unsaturated/α-hetero) is 1. The number of hydrogen-bond donors (Lipinski definition) is 0. The van der Waals surface area contributed by atoms with Crippen molar-refractivity contribution in [1.29, 1.82) is 0 Å². The van der Waals surface area contributed by atoms with E-state index >= 15 is 0 Å². The number of carbonyl (C=O) groups is 1. The zero-order valence-electron chi connectivity index (χ0n) is 12.0. The Morgan fingerprint density at radius 3 is 2.12 bits per heavy atom. The molecule has 2 aromatic carbocycles. The van der Waals surface area contributed by atoms with E-state index in [4.69, 9.17) is 0 Å². The second kappa shape index (κ2) is 4.96. The number of aromatic nitrogens is 2. The summed E-state index contributed by atoms with van der Waals surface area (Å²) in [5.74, 6) is -2.20. The molecule has 1 heterocycles. The van der Waals surface area contributed by atoms with Crippen molar-refractivity contribution in [2.24, 2.45) is 7.05 Å². The first-order valence-corrected chi connectivity index (χ1v) is 6.59. The number of alkyl halides is 6. The fraction of sp³-hybridized carbons (Fsp3) is 0.200. The van der Waals surface area contributed by atoms with Gasteiger partial charge in [0, 0.05) is 23.4 Å². The minimum Gasteiger partial charge on any atom is -0.284 e. The van der Waals surface area contributed by atoms with Crippen molar-refractivity contribution in [1.82, 2.24) is 9.78 Å². The molecule has 0 bridgehead atoms. The van der Waals surface area contributed by atoms with Gasteiger partial charge >= 0.3 is 12.4 Å². The van der Waals surface area contributed by atoms with Gasteiger partial charge in [0.2, 0.25) is 0 Å². The van der Waals surface area contributed by atoms with E-state index in [0.29, 0.717) is 6.07 Å². The van der Waals surface area contributed by atoms with Crippen molar-refractivity contribution in [3.63, 3.8) is 0 Å². The van der Waals surface area contributed by atoms with Gasteiger partial charge in [-0.3, -0.25) is 9.48 Å². The molecule has 0 N–H and O–H groups in total. The SMILES string of the molecule is Cn1nc(C(F)(F)F)c2cc(C(=O)C(F)(F)F)c3ccccc3c21. The van der Waals surface area contributed by atoms with Gasteiger partial charge < -0.3 is 0 Å². The summed E-state index contributed by atoms with van der Waals surface area (Å²) in [4.78, 5) is 11.7. The van der Waals surface area contributed by atoms with Gasteiger partial charge in [-0.15, -0.1) is 0 Å². The summed E-state index contributed by atoms with van der Waals surface area (Å²) in [5, 5.41) is 2.84. The van der Waals surface area contributed by atoms with E-state index in [2.05, 4.69) is 5.10 Å². The van der Waals surface area contributed by atoms with Gasteiger partial charge in [-0.05, 0) is 11.5 Å². The van der Waals surface area contributed by atoms with E-state index in [-0.39, 0.29) is 16.3 Å². The lowest BCUT2D eigenvalue weighted by molar-refractivity contribution is -0.140. The highest BCUT2D eigenvalue weighted by molar-refractivity contribution is 6.18. The van der Waals surface area contributed by atoms with Crippen LogP contribution in [0.3, 0.4) is 0 Å². The van der Waals surface area contributed by atoms with E-state index in [0.717, 1.165) is 4.68 Å². The van der Waals surface area contributed by atoms with Crippen LogP contribution in [0.2, 0.25) is 0 Å². The Hall–Kier alpha value is -2.58. The minimum absolute atomic E-state index is 0.0108. The van der Waals surface area contributed by atoms with Crippen molar-refractivity contribution in [3.05, 3.63) is 41.6 Å². The van der Waals surface area contributed by atoms with Gasteiger partial charge in [0.1, 0.15) is 0 Å². The zero-order chi connectivity index (χ0) is 17.9. The summed E-state index contributed by atoms with van der Waals surface area (Å²) in [6.45, 7) is 0. The second-order valence-electron chi connectivity index (χ2n) is 5.16. The van der Waals surface area contributed by atoms with E-state index in [1.807, 2.05) is 0 Å². The fourth-order valence-electron chi connectivity index (χ4n) is 2.69. The molecule has 1 aromatic heterocycles. The number of benzene rings is 2. The van der Waals surface area contributed by atoms with Crippen molar-refractivity contribution in [3.8, 4) is 0 Å². The highest BCUT2D eigenvalue weighted by Gasteiger charge is 2.42. The minimum atomic E-state index is -5.20. The van der Waals surface area contributed by atoms with Crippen LogP contribution < -0.4 is 0 Å². The van der Waals surface area contributed by atoms with Gasteiger partial charge in [-0.2, -0.15) is 31.4 Å². The molecular weight excluding hydrogens is 338 g/mol. The van der Waals surface area contributed by atoms with Gasteiger partial charge in [0.25, 0.3) is 5.78 Å². The largest absolute Gasteiger partial charge is 0.454 e. The number of fused-ring (bicyclic) bond motifs is 3. The number of carbonyl (C=O) groups excluding carboxylic acids is 1. The van der Waals surface area contributed by atoms with Crippen LogP contribution in [0.5, 0.6) is 0 Å². The average molecular weight is 346 g/mol. The second-order valence-corrected chi connectivity index (χ2v) is 5.16. The number of hydrogen-bond acceptors (Lipinski definition) is 2. The molecule has 0 unspecified atom stereocenters. The molecule has 24 heavy (non-hydrogen) atoms. The molecule has 3 nitrogen and oxygen atoms in total. The summed E-state index contributed by atoms with van der Waals surface area (Å²) >= 11 is 0. The Morgan fingerprint density at radius 2 is 1.58 bits per heavy atom. The van der Waals surface area contributed by atoms with Crippen LogP contribution in [-0.2, 0) is 13.2 Å². The van der Waals surface area contributed by atoms with E-state index < -0.39 is 34.8 Å². The molecule has 126 valence electrons. The van der Waals surface area contributed by atoms with Crippen LogP contribution in [0.1, 0.15) is 16.1 Å². The van der Waals surface area contributed by atoms with Crippen molar-refractivity contribution >= 4 is 27.5 Å². The molecule has 0 amide bonds. The summed E-state index contributed by atoms with van der Waals surface area (Å²) in [5.41, 5.74) is -2.15. The Labute approximate surface area is 130 Å². The summed E-state index contributed by atoms with van der Waals surface area (Å²) in [6.07, 6.45) is -10.1. The van der Waals surface area contributed by atoms with Crippen molar-refractivity contribution < 1.29 is 31.1 Å². The predicted octanol–water partition coefficient (Wildman–Crippen LogP) is 4.49. The molecule has 9 heteroatoms. The number of aryl methyl sites for hydroxylation is 1. The molecule has 0 radical (unpaired) electrons. The lowest BCUT2D eigenvalue weighted by Gasteiger charge is -2.11. The highest BCUT2D eigenvalue weighted by Crippen LogP contribution is 2.39. The quantitative estimate of drug-likeness (QED) is 0.481. The van der Waals surface area contributed by atoms with Crippen molar-refractivity contribution in [2.75, 3.05) is 0 Å². The standard InChI is InChI=1S/C15H8F6N2O/c1-23-11-8-5-3-2-4-7(8)9(13(24)15(19,20)21)6-10(11)12(22-23)14(16,17)18/h2-6H,1H3. The molecule has 0 fully saturated rings. The molecule has 3 rings (SSSR count). The topological polar surface area (TPSA) is 34.9 Å². The maximum Gasteiger partial charge on any atom is 0.454 e.